The number of carbonyl (C=O) groups excluding carboxylic acids is 6. The summed E-state index contributed by atoms with van der Waals surface area (Å²) in [6, 6.07) is 0. The topological polar surface area (TPSA) is 232 Å². The Kier molecular flexibility index (Phi) is 23.8. The van der Waals surface area contributed by atoms with Crippen LogP contribution in [0, 0.1) is 22.7 Å². The van der Waals surface area contributed by atoms with E-state index in [1.54, 1.807) is 55.4 Å². The van der Waals surface area contributed by atoms with Crippen molar-refractivity contribution >= 4 is 73.4 Å². The molecule has 43 heavy (non-hydrogen) atoms. The van der Waals surface area contributed by atoms with Gasteiger partial charge < -0.3 is 50.1 Å². The van der Waals surface area contributed by atoms with Crippen LogP contribution >= 0.6 is 0 Å². The van der Waals surface area contributed by atoms with Gasteiger partial charge in [0.25, 0.3) is 0 Å². The number of nitrogens with one attached hydrogen (secondary N) is 2. The van der Waals surface area contributed by atoms with Crippen LogP contribution in [0.1, 0.15) is 81.1 Å². The molecule has 0 aliphatic carbocycles. The van der Waals surface area contributed by atoms with Crippen molar-refractivity contribution < 1.29 is 58.7 Å². The maximum Gasteiger partial charge on any atom is 2.00 e. The number of carboxylic acids is 2. The van der Waals surface area contributed by atoms with Crippen molar-refractivity contribution in [2.75, 3.05) is 26.3 Å². The van der Waals surface area contributed by atoms with Crippen LogP contribution in [-0.4, -0.2) is 122 Å². The molecule has 0 fully saturated rings. The smallest absolute Gasteiger partial charge is 0.550 e. The molecule has 2 unspecified atom stereocenters. The van der Waals surface area contributed by atoms with Gasteiger partial charge in [-0.1, -0.05) is 55.4 Å². The number of carbonyl (C=O) groups is 6. The number of ether oxygens (including phenoxy) is 2. The molecule has 2 atom stereocenters. The van der Waals surface area contributed by atoms with Crippen LogP contribution < -0.4 is 20.8 Å². The minimum atomic E-state index is -1.36. The molecule has 0 aliphatic rings. The van der Waals surface area contributed by atoms with Gasteiger partial charge in [-0.25, -0.2) is 0 Å². The van der Waals surface area contributed by atoms with Crippen molar-refractivity contribution in [1.29, 1.82) is 0 Å². The number of carboxylic acid groups (broad SMARTS) is 2. The molecule has 0 spiro atoms. The summed E-state index contributed by atoms with van der Waals surface area (Å²) >= 11 is 0. The third-order valence-electron chi connectivity index (χ3n) is 5.81. The number of esters is 2. The molecule has 244 valence electrons. The Balaban J connectivity index is -0.000000727. The fourth-order valence-corrected chi connectivity index (χ4v) is 2.80. The Morgan fingerprint density at radius 1 is 0.651 bits per heavy atom. The van der Waals surface area contributed by atoms with Crippen molar-refractivity contribution in [1.82, 2.24) is 10.6 Å². The molecule has 0 bridgehead atoms. The number of hydrogen-bond donors (Lipinski definition) is 4. The maximum atomic E-state index is 11.7. The summed E-state index contributed by atoms with van der Waals surface area (Å²) in [6.07, 6.45) is -2.59. The van der Waals surface area contributed by atoms with Gasteiger partial charge in [-0.2, -0.15) is 0 Å². The molecule has 0 aliphatic heterocycles. The third-order valence-corrected chi connectivity index (χ3v) is 5.81. The number of rotatable bonds is 18. The third kappa shape index (κ3) is 21.4. The van der Waals surface area contributed by atoms with Crippen LogP contribution in [0.25, 0.3) is 0 Å². The van der Waals surface area contributed by atoms with Crippen molar-refractivity contribution in [2.45, 2.75) is 93.3 Å². The first kappa shape index (κ1) is 45.4. The molecular weight excluding hydrogens is 596 g/mol. The van der Waals surface area contributed by atoms with Gasteiger partial charge in [-0.3, -0.25) is 19.2 Å². The Labute approximate surface area is 283 Å². The summed E-state index contributed by atoms with van der Waals surface area (Å²) in [7, 11) is 0. The molecule has 0 saturated carbocycles. The van der Waals surface area contributed by atoms with Gasteiger partial charge in [0.1, 0.15) is 12.2 Å². The SMILES string of the molecule is CC(C)C(=O)OCC(C)(C)C(O)C(=O)NCCCC(=O)[O-].CC(C)C(=O)OCC(C)(C)C(O)C(=O)NCCCC(=O)[O-].[Ca+2]. The fraction of sp³-hybridized carbons (Fsp3) is 0.786. The fourth-order valence-electron chi connectivity index (χ4n) is 2.80. The zero-order chi connectivity index (χ0) is 33.3. The normalized spacial score (nSPS) is 12.6. The van der Waals surface area contributed by atoms with Gasteiger partial charge in [0.15, 0.2) is 0 Å². The van der Waals surface area contributed by atoms with Crippen LogP contribution in [0.2, 0.25) is 0 Å². The van der Waals surface area contributed by atoms with E-state index in [1.807, 2.05) is 0 Å². The minimum absolute atomic E-state index is 0. The van der Waals surface area contributed by atoms with E-state index >= 15 is 0 Å². The summed E-state index contributed by atoms with van der Waals surface area (Å²) in [5.41, 5.74) is -1.88. The molecule has 0 aromatic rings. The number of aliphatic carboxylic acids is 2. The number of hydrogen-bond acceptors (Lipinski definition) is 12. The second kappa shape index (κ2) is 22.5. The van der Waals surface area contributed by atoms with E-state index in [1.165, 1.54) is 0 Å². The van der Waals surface area contributed by atoms with Crippen LogP contribution in [0.3, 0.4) is 0 Å². The second-order valence-corrected chi connectivity index (χ2v) is 11.8. The predicted molar refractivity (Wildman–Crippen MR) is 151 cm³/mol. The largest absolute Gasteiger partial charge is 2.00 e. The molecule has 14 nitrogen and oxygen atoms in total. The van der Waals surface area contributed by atoms with Crippen LogP contribution in [0.4, 0.5) is 0 Å². The van der Waals surface area contributed by atoms with E-state index in [9.17, 15) is 49.2 Å². The van der Waals surface area contributed by atoms with E-state index in [2.05, 4.69) is 10.6 Å². The summed E-state index contributed by atoms with van der Waals surface area (Å²) in [5.74, 6) is -4.99. The van der Waals surface area contributed by atoms with Crippen LogP contribution in [0.15, 0.2) is 0 Å². The maximum absolute atomic E-state index is 11.7. The Morgan fingerprint density at radius 3 is 1.16 bits per heavy atom. The second-order valence-electron chi connectivity index (χ2n) is 11.8. The van der Waals surface area contributed by atoms with E-state index in [-0.39, 0.29) is 102 Å². The molecule has 15 heteroatoms. The molecule has 0 rings (SSSR count). The van der Waals surface area contributed by atoms with Crippen LogP contribution in [0.5, 0.6) is 0 Å². The van der Waals surface area contributed by atoms with Crippen molar-refractivity contribution in [3.05, 3.63) is 0 Å². The van der Waals surface area contributed by atoms with Gasteiger partial charge in [0, 0.05) is 35.9 Å². The summed E-state index contributed by atoms with van der Waals surface area (Å²) in [4.78, 5) is 66.7. The first-order chi connectivity index (χ1) is 19.2. The molecule has 0 aromatic carbocycles. The Hall–Kier alpha value is -2.00. The summed E-state index contributed by atoms with van der Waals surface area (Å²) in [6.45, 7) is 13.3. The van der Waals surface area contributed by atoms with Gasteiger partial charge in [-0.05, 0) is 25.7 Å². The van der Waals surface area contributed by atoms with Gasteiger partial charge in [-0.15, -0.1) is 0 Å². The van der Waals surface area contributed by atoms with Crippen molar-refractivity contribution in [3.8, 4) is 0 Å². The van der Waals surface area contributed by atoms with E-state index in [0.717, 1.165) is 0 Å². The van der Waals surface area contributed by atoms with E-state index in [4.69, 9.17) is 9.47 Å². The van der Waals surface area contributed by atoms with Crippen LogP contribution in [-0.2, 0) is 38.2 Å². The number of amides is 2. The molecule has 0 aromatic heterocycles. The molecule has 0 radical (unpaired) electrons. The number of aliphatic hydroxyl groups excluding tert-OH is 2. The molecule has 0 saturated heterocycles. The Bertz CT molecular complexity index is 834. The van der Waals surface area contributed by atoms with E-state index in [0.29, 0.717) is 0 Å². The first-order valence-corrected chi connectivity index (χ1v) is 13.8. The predicted octanol–water partition coefficient (Wildman–Crippen LogP) is -1.94. The molecule has 4 N–H and O–H groups in total. The van der Waals surface area contributed by atoms with Gasteiger partial charge in [0.2, 0.25) is 11.8 Å². The standard InChI is InChI=1S/2C14H25NO6.Ca/c2*1-9(2)13(20)21-8-14(3,4)11(18)12(19)15-7-5-6-10(16)17;/h2*9,11,18H,5-8H2,1-4H3,(H,15,19)(H,16,17);/q;;+2/p-2. The summed E-state index contributed by atoms with van der Waals surface area (Å²) in [5, 5.41) is 45.3. The average molecular weight is 645 g/mol. The molecule has 2 amide bonds. The average Bonchev–Trinajstić information content (AvgIpc) is 2.89. The molecular formula is C28H48CaN2O12. The monoisotopic (exact) mass is 644 g/mol. The molecule has 0 heterocycles. The van der Waals surface area contributed by atoms with Gasteiger partial charge in [0.05, 0.1) is 25.0 Å². The first-order valence-electron chi connectivity index (χ1n) is 13.8. The van der Waals surface area contributed by atoms with Gasteiger partial charge >= 0.3 is 49.7 Å². The quantitative estimate of drug-likeness (QED) is 0.0725. The minimum Gasteiger partial charge on any atom is -0.550 e. The summed E-state index contributed by atoms with van der Waals surface area (Å²) < 4.78 is 10.1. The Morgan fingerprint density at radius 2 is 0.930 bits per heavy atom. The van der Waals surface area contributed by atoms with Crippen molar-refractivity contribution in [3.63, 3.8) is 0 Å². The van der Waals surface area contributed by atoms with Crippen molar-refractivity contribution in [2.24, 2.45) is 22.7 Å². The zero-order valence-electron chi connectivity index (χ0n) is 26.7. The number of aliphatic hydroxyl groups is 2. The van der Waals surface area contributed by atoms with E-state index < -0.39 is 58.7 Å². The zero-order valence-corrected chi connectivity index (χ0v) is 28.9.